The van der Waals surface area contributed by atoms with Gasteiger partial charge >= 0.3 is 0 Å². The van der Waals surface area contributed by atoms with Crippen LogP contribution in [0.1, 0.15) is 43.6 Å². The first-order valence-corrected chi connectivity index (χ1v) is 9.80. The highest BCUT2D eigenvalue weighted by molar-refractivity contribution is 5.94. The summed E-state index contributed by atoms with van der Waals surface area (Å²) in [5.74, 6) is 0.00465. The van der Waals surface area contributed by atoms with Crippen molar-refractivity contribution in [3.05, 3.63) is 35.4 Å². The Kier molecular flexibility index (Phi) is 7.80. The van der Waals surface area contributed by atoms with E-state index in [2.05, 4.69) is 36.3 Å². The van der Waals surface area contributed by atoms with Crippen LogP contribution in [0.2, 0.25) is 0 Å². The Morgan fingerprint density at radius 3 is 2.44 bits per heavy atom. The fourth-order valence-electron chi connectivity index (χ4n) is 3.10. The van der Waals surface area contributed by atoms with Crippen LogP contribution < -0.4 is 10.6 Å². The Morgan fingerprint density at radius 2 is 1.81 bits per heavy atom. The number of hydrogen-bond donors (Lipinski definition) is 2. The van der Waals surface area contributed by atoms with Gasteiger partial charge < -0.3 is 15.5 Å². The van der Waals surface area contributed by atoms with Crippen molar-refractivity contribution in [3.63, 3.8) is 0 Å². The Hall–Kier alpha value is -1.92. The van der Waals surface area contributed by atoms with Crippen LogP contribution in [0.3, 0.4) is 0 Å². The molecule has 150 valence electrons. The molecule has 0 radical (unpaired) electrons. The molecular weight excluding hydrogens is 340 g/mol. The lowest BCUT2D eigenvalue weighted by Crippen LogP contribution is -2.50. The molecule has 1 aromatic carbocycles. The van der Waals surface area contributed by atoms with E-state index in [-0.39, 0.29) is 11.8 Å². The van der Waals surface area contributed by atoms with Gasteiger partial charge in [0.05, 0.1) is 0 Å². The van der Waals surface area contributed by atoms with Crippen molar-refractivity contribution in [3.8, 4) is 0 Å². The summed E-state index contributed by atoms with van der Waals surface area (Å²) in [5.41, 5.74) is 1.94. The molecule has 0 atom stereocenters. The van der Waals surface area contributed by atoms with Gasteiger partial charge in [-0.3, -0.25) is 14.5 Å². The Morgan fingerprint density at radius 1 is 1.11 bits per heavy atom. The number of amides is 2. The van der Waals surface area contributed by atoms with Crippen molar-refractivity contribution >= 4 is 11.8 Å². The summed E-state index contributed by atoms with van der Waals surface area (Å²) in [4.78, 5) is 28.2. The average Bonchev–Trinajstić information content (AvgIpc) is 2.63. The predicted octanol–water partition coefficient (Wildman–Crippen LogP) is 1.72. The number of carbonyl (C=O) groups excluding carboxylic acids is 2. The third-order valence-corrected chi connectivity index (χ3v) is 4.64. The number of rotatable bonds is 7. The topological polar surface area (TPSA) is 64.7 Å². The molecule has 0 spiro atoms. The molecule has 27 heavy (non-hydrogen) atoms. The van der Waals surface area contributed by atoms with Gasteiger partial charge in [0, 0.05) is 64.8 Å². The molecule has 0 unspecified atom stereocenters. The monoisotopic (exact) mass is 374 g/mol. The highest BCUT2D eigenvalue weighted by Gasteiger charge is 2.22. The van der Waals surface area contributed by atoms with Gasteiger partial charge in [0.1, 0.15) is 0 Å². The fraction of sp³-hybridized carbons (Fsp3) is 0.619. The fourth-order valence-corrected chi connectivity index (χ4v) is 3.10. The smallest absolute Gasteiger partial charge is 0.253 e. The molecule has 2 N–H and O–H groups in total. The molecular formula is C21H34N4O2. The zero-order chi connectivity index (χ0) is 19.9. The van der Waals surface area contributed by atoms with Crippen LogP contribution in [0.5, 0.6) is 0 Å². The van der Waals surface area contributed by atoms with Crippen LogP contribution >= 0.6 is 0 Å². The SMILES string of the molecule is CC(=O)NCc1cccc(C(=O)N2CCN(CCNCC(C)(C)C)CC2)c1. The number of nitrogens with one attached hydrogen (secondary N) is 2. The van der Waals surface area contributed by atoms with E-state index in [0.717, 1.165) is 51.4 Å². The standard InChI is InChI=1S/C21H34N4O2/c1-17(26)23-15-18-6-5-7-19(14-18)20(27)25-12-10-24(11-13-25)9-8-22-16-21(2,3)4/h5-7,14,22H,8-13,15-16H2,1-4H3,(H,23,26). The van der Waals surface area contributed by atoms with E-state index in [1.54, 1.807) is 0 Å². The molecule has 0 aliphatic carbocycles. The Labute approximate surface area is 163 Å². The summed E-state index contributed by atoms with van der Waals surface area (Å²) >= 11 is 0. The molecule has 0 aromatic heterocycles. The van der Waals surface area contributed by atoms with Gasteiger partial charge in [-0.15, -0.1) is 0 Å². The van der Waals surface area contributed by atoms with Gasteiger partial charge in [-0.25, -0.2) is 0 Å². The summed E-state index contributed by atoms with van der Waals surface area (Å²) in [6, 6.07) is 7.53. The molecule has 1 aromatic rings. The Bertz CT molecular complexity index is 631. The van der Waals surface area contributed by atoms with Crippen LogP contribution in [-0.4, -0.2) is 67.4 Å². The van der Waals surface area contributed by atoms with Crippen molar-refractivity contribution in [1.29, 1.82) is 0 Å². The van der Waals surface area contributed by atoms with E-state index >= 15 is 0 Å². The lowest BCUT2D eigenvalue weighted by Gasteiger charge is -2.35. The van der Waals surface area contributed by atoms with Gasteiger partial charge in [0.15, 0.2) is 0 Å². The maximum Gasteiger partial charge on any atom is 0.253 e. The van der Waals surface area contributed by atoms with E-state index < -0.39 is 0 Å². The second-order valence-electron chi connectivity index (χ2n) is 8.48. The minimum atomic E-state index is -0.0696. The quantitative estimate of drug-likeness (QED) is 0.714. The average molecular weight is 375 g/mol. The number of piperazine rings is 1. The van der Waals surface area contributed by atoms with Gasteiger partial charge in [0.2, 0.25) is 5.91 Å². The van der Waals surface area contributed by atoms with Crippen LogP contribution in [0.15, 0.2) is 24.3 Å². The van der Waals surface area contributed by atoms with Crippen LogP contribution in [0.25, 0.3) is 0 Å². The highest BCUT2D eigenvalue weighted by Crippen LogP contribution is 2.12. The van der Waals surface area contributed by atoms with Crippen molar-refractivity contribution in [2.45, 2.75) is 34.2 Å². The zero-order valence-electron chi connectivity index (χ0n) is 17.2. The van der Waals surface area contributed by atoms with Crippen molar-refractivity contribution < 1.29 is 9.59 Å². The number of nitrogens with zero attached hydrogens (tertiary/aromatic N) is 2. The zero-order valence-corrected chi connectivity index (χ0v) is 17.2. The molecule has 2 rings (SSSR count). The van der Waals surface area contributed by atoms with E-state index in [1.807, 2.05) is 29.2 Å². The van der Waals surface area contributed by atoms with Crippen molar-refractivity contribution in [2.24, 2.45) is 5.41 Å². The van der Waals surface area contributed by atoms with Crippen LogP contribution in [0.4, 0.5) is 0 Å². The maximum absolute atomic E-state index is 12.8. The second-order valence-corrected chi connectivity index (χ2v) is 8.48. The first-order chi connectivity index (χ1) is 12.7. The third-order valence-electron chi connectivity index (χ3n) is 4.64. The predicted molar refractivity (Wildman–Crippen MR) is 109 cm³/mol. The largest absolute Gasteiger partial charge is 0.352 e. The molecule has 0 bridgehead atoms. The Balaban J connectivity index is 1.77. The number of carbonyl (C=O) groups is 2. The summed E-state index contributed by atoms with van der Waals surface area (Å²) in [7, 11) is 0. The van der Waals surface area contributed by atoms with Crippen molar-refractivity contribution in [1.82, 2.24) is 20.4 Å². The first kappa shape index (κ1) is 21.4. The van der Waals surface area contributed by atoms with Crippen molar-refractivity contribution in [2.75, 3.05) is 45.8 Å². The summed E-state index contributed by atoms with van der Waals surface area (Å²) in [6.07, 6.45) is 0. The second kappa shape index (κ2) is 9.85. The molecule has 1 aliphatic rings. The van der Waals surface area contributed by atoms with Gasteiger partial charge in [-0.1, -0.05) is 32.9 Å². The molecule has 6 heteroatoms. The van der Waals surface area contributed by atoms with Crippen LogP contribution in [0, 0.1) is 5.41 Å². The van der Waals surface area contributed by atoms with Crippen LogP contribution in [-0.2, 0) is 11.3 Å². The van der Waals surface area contributed by atoms with E-state index in [4.69, 9.17) is 0 Å². The highest BCUT2D eigenvalue weighted by atomic mass is 16.2. The van der Waals surface area contributed by atoms with Gasteiger partial charge in [-0.05, 0) is 23.1 Å². The minimum Gasteiger partial charge on any atom is -0.352 e. The van der Waals surface area contributed by atoms with E-state index in [9.17, 15) is 9.59 Å². The third kappa shape index (κ3) is 7.69. The molecule has 1 aliphatic heterocycles. The summed E-state index contributed by atoms with van der Waals surface area (Å²) in [5, 5.41) is 6.28. The first-order valence-electron chi connectivity index (χ1n) is 9.80. The lowest BCUT2D eigenvalue weighted by atomic mass is 9.97. The molecule has 2 amide bonds. The molecule has 1 saturated heterocycles. The molecule has 1 fully saturated rings. The minimum absolute atomic E-state index is 0.0696. The van der Waals surface area contributed by atoms with Gasteiger partial charge in [-0.2, -0.15) is 0 Å². The normalized spacial score (nSPS) is 15.6. The maximum atomic E-state index is 12.8. The molecule has 1 heterocycles. The van der Waals surface area contributed by atoms with E-state index in [1.165, 1.54) is 6.92 Å². The molecule has 0 saturated carbocycles. The van der Waals surface area contributed by atoms with Gasteiger partial charge in [0.25, 0.3) is 5.91 Å². The summed E-state index contributed by atoms with van der Waals surface area (Å²) in [6.45, 7) is 15.0. The van der Waals surface area contributed by atoms with E-state index in [0.29, 0.717) is 17.5 Å². The summed E-state index contributed by atoms with van der Waals surface area (Å²) < 4.78 is 0. The molecule has 6 nitrogen and oxygen atoms in total. The number of hydrogen-bond acceptors (Lipinski definition) is 4. The number of benzene rings is 1. The lowest BCUT2D eigenvalue weighted by molar-refractivity contribution is -0.119.